The Morgan fingerprint density at radius 1 is 0.925 bits per heavy atom. The lowest BCUT2D eigenvalue weighted by Gasteiger charge is -2.34. The van der Waals surface area contributed by atoms with E-state index in [1.165, 1.54) is 36.4 Å². The smallest absolute Gasteiger partial charge is 0.257 e. The van der Waals surface area contributed by atoms with Gasteiger partial charge in [0.05, 0.1) is 42.3 Å². The molecule has 12 heteroatoms. The van der Waals surface area contributed by atoms with E-state index in [9.17, 15) is 23.1 Å². The summed E-state index contributed by atoms with van der Waals surface area (Å²) in [5, 5.41) is 16.2. The summed E-state index contributed by atoms with van der Waals surface area (Å²) in [5.41, 5.74) is 0.110. The second-order valence-electron chi connectivity index (χ2n) is 9.88. The first-order valence-corrected chi connectivity index (χ1v) is 15.1. The summed E-state index contributed by atoms with van der Waals surface area (Å²) in [6.07, 6.45) is 2.43. The van der Waals surface area contributed by atoms with E-state index < -0.39 is 33.3 Å². The summed E-state index contributed by atoms with van der Waals surface area (Å²) in [6, 6.07) is 12.8. The van der Waals surface area contributed by atoms with Crippen LogP contribution in [0.2, 0.25) is 15.1 Å². The maximum absolute atomic E-state index is 13.6. The maximum atomic E-state index is 13.6. The Hall–Kier alpha value is -2.82. The Labute approximate surface area is 248 Å². The number of rotatable bonds is 8. The zero-order valence-electron chi connectivity index (χ0n) is 21.7. The number of benzene rings is 3. The summed E-state index contributed by atoms with van der Waals surface area (Å²) in [5.74, 6) is -1.39. The Kier molecular flexibility index (Phi) is 9.02. The van der Waals surface area contributed by atoms with Gasteiger partial charge in [-0.25, -0.2) is 13.1 Å². The SMILES string of the molecule is Cc1ccc(S(=O)(=O)NC(C)C2(C(=O)Nc3cc(O)c(NC(=O)c4cccc(Cl)c4Cl)cc3Cl)CCCC2)cc1. The van der Waals surface area contributed by atoms with E-state index in [2.05, 4.69) is 15.4 Å². The number of phenolic OH excluding ortho intramolecular Hbond substituents is 1. The van der Waals surface area contributed by atoms with Crippen molar-refractivity contribution in [2.75, 3.05) is 10.6 Å². The highest BCUT2D eigenvalue weighted by Gasteiger charge is 2.47. The van der Waals surface area contributed by atoms with Gasteiger partial charge in [0.25, 0.3) is 5.91 Å². The number of carbonyl (C=O) groups is 2. The van der Waals surface area contributed by atoms with Crippen LogP contribution in [0.1, 0.15) is 48.5 Å². The van der Waals surface area contributed by atoms with E-state index in [4.69, 9.17) is 34.8 Å². The van der Waals surface area contributed by atoms with Gasteiger partial charge in [-0.2, -0.15) is 0 Å². The van der Waals surface area contributed by atoms with Crippen molar-refractivity contribution >= 4 is 68.0 Å². The Morgan fingerprint density at radius 2 is 1.57 bits per heavy atom. The molecule has 1 unspecified atom stereocenters. The number of nitrogens with one attached hydrogen (secondary N) is 3. The van der Waals surface area contributed by atoms with Gasteiger partial charge in [0.15, 0.2) is 0 Å². The van der Waals surface area contributed by atoms with Gasteiger partial charge in [0.2, 0.25) is 15.9 Å². The molecule has 212 valence electrons. The third-order valence-electron chi connectivity index (χ3n) is 7.22. The van der Waals surface area contributed by atoms with E-state index in [0.29, 0.717) is 12.8 Å². The lowest BCUT2D eigenvalue weighted by atomic mass is 9.78. The summed E-state index contributed by atoms with van der Waals surface area (Å²) in [6.45, 7) is 3.54. The molecule has 0 aliphatic heterocycles. The second-order valence-corrected chi connectivity index (χ2v) is 12.8. The Morgan fingerprint density at radius 3 is 2.23 bits per heavy atom. The van der Waals surface area contributed by atoms with Gasteiger partial charge in [0.1, 0.15) is 5.75 Å². The molecule has 2 amide bonds. The van der Waals surface area contributed by atoms with E-state index >= 15 is 0 Å². The largest absolute Gasteiger partial charge is 0.506 e. The van der Waals surface area contributed by atoms with E-state index in [1.807, 2.05) is 6.92 Å². The fraction of sp³-hybridized carbons (Fsp3) is 0.286. The average Bonchev–Trinajstić information content (AvgIpc) is 3.40. The van der Waals surface area contributed by atoms with Gasteiger partial charge >= 0.3 is 0 Å². The standard InChI is InChI=1S/C28H28Cl3N3O5S/c1-16-8-10-18(11-9-16)40(38,39)34-17(2)28(12-3-4-13-28)27(37)33-22-15-24(35)23(14-21(22)30)32-26(36)19-6-5-7-20(29)25(19)31/h5-11,14-15,17,34-35H,3-4,12-13H2,1-2H3,(H,32,36)(H,33,37). The van der Waals surface area contributed by atoms with E-state index in [0.717, 1.165) is 18.4 Å². The van der Waals surface area contributed by atoms with Gasteiger partial charge in [-0.05, 0) is 57.0 Å². The summed E-state index contributed by atoms with van der Waals surface area (Å²) in [7, 11) is -3.87. The van der Waals surface area contributed by atoms with Gasteiger partial charge < -0.3 is 15.7 Å². The molecule has 0 bridgehead atoms. The molecule has 3 aromatic rings. The number of hydrogen-bond acceptors (Lipinski definition) is 5. The first-order chi connectivity index (χ1) is 18.8. The average molecular weight is 625 g/mol. The predicted octanol–water partition coefficient (Wildman–Crippen LogP) is 6.78. The number of amides is 2. The second kappa shape index (κ2) is 12.0. The van der Waals surface area contributed by atoms with Gasteiger partial charge in [-0.15, -0.1) is 0 Å². The predicted molar refractivity (Wildman–Crippen MR) is 158 cm³/mol. The number of anilines is 2. The van der Waals surface area contributed by atoms with Crippen LogP contribution < -0.4 is 15.4 Å². The van der Waals surface area contributed by atoms with Gasteiger partial charge in [-0.3, -0.25) is 9.59 Å². The molecule has 4 rings (SSSR count). The van der Waals surface area contributed by atoms with E-state index in [1.54, 1.807) is 25.1 Å². The molecule has 1 atom stereocenters. The molecule has 1 aliphatic rings. The van der Waals surface area contributed by atoms with Gasteiger partial charge in [-0.1, -0.05) is 71.4 Å². The van der Waals surface area contributed by atoms with Crippen LogP contribution in [0, 0.1) is 12.3 Å². The van der Waals surface area contributed by atoms with Crippen LogP contribution in [0.25, 0.3) is 0 Å². The third-order valence-corrected chi connectivity index (χ3v) is 9.91. The molecular formula is C28H28Cl3N3O5S. The van der Waals surface area contributed by atoms with Crippen LogP contribution >= 0.6 is 34.8 Å². The first kappa shape index (κ1) is 30.1. The van der Waals surface area contributed by atoms with Crippen molar-refractivity contribution in [2.24, 2.45) is 5.41 Å². The third kappa shape index (κ3) is 6.24. The molecular weight excluding hydrogens is 597 g/mol. The highest BCUT2D eigenvalue weighted by atomic mass is 35.5. The van der Waals surface area contributed by atoms with Crippen molar-refractivity contribution < 1.29 is 23.1 Å². The van der Waals surface area contributed by atoms with Crippen molar-refractivity contribution in [1.82, 2.24) is 4.72 Å². The summed E-state index contributed by atoms with van der Waals surface area (Å²) >= 11 is 18.5. The zero-order chi connectivity index (χ0) is 29.2. The van der Waals surface area contributed by atoms with Crippen molar-refractivity contribution in [3.05, 3.63) is 80.8 Å². The zero-order valence-corrected chi connectivity index (χ0v) is 24.8. The van der Waals surface area contributed by atoms with Crippen LogP contribution in [-0.2, 0) is 14.8 Å². The van der Waals surface area contributed by atoms with Crippen LogP contribution in [0.4, 0.5) is 11.4 Å². The fourth-order valence-corrected chi connectivity index (χ4v) is 6.79. The maximum Gasteiger partial charge on any atom is 0.257 e. The molecule has 40 heavy (non-hydrogen) atoms. The number of aromatic hydroxyl groups is 1. The number of hydrogen-bond donors (Lipinski definition) is 4. The minimum absolute atomic E-state index is 0.00107. The number of sulfonamides is 1. The molecule has 1 aliphatic carbocycles. The number of phenols is 1. The van der Waals surface area contributed by atoms with Crippen molar-refractivity contribution in [2.45, 2.75) is 50.5 Å². The van der Waals surface area contributed by atoms with Crippen LogP contribution in [0.3, 0.4) is 0 Å². The molecule has 8 nitrogen and oxygen atoms in total. The molecule has 0 heterocycles. The van der Waals surface area contributed by atoms with Crippen LogP contribution in [0.15, 0.2) is 59.5 Å². The van der Waals surface area contributed by atoms with Gasteiger partial charge in [0, 0.05) is 12.1 Å². The summed E-state index contributed by atoms with van der Waals surface area (Å²) < 4.78 is 28.8. The number of halogens is 3. The fourth-order valence-electron chi connectivity index (χ4n) is 4.87. The monoisotopic (exact) mass is 623 g/mol. The number of carbonyl (C=O) groups excluding carboxylic acids is 2. The minimum Gasteiger partial charge on any atom is -0.506 e. The van der Waals surface area contributed by atoms with Crippen molar-refractivity contribution in [1.29, 1.82) is 0 Å². The molecule has 4 N–H and O–H groups in total. The lowest BCUT2D eigenvalue weighted by Crippen LogP contribution is -2.51. The Balaban J connectivity index is 1.53. The molecule has 3 aromatic carbocycles. The molecule has 0 radical (unpaired) electrons. The quantitative estimate of drug-likeness (QED) is 0.206. The molecule has 1 saturated carbocycles. The lowest BCUT2D eigenvalue weighted by molar-refractivity contribution is -0.126. The highest BCUT2D eigenvalue weighted by Crippen LogP contribution is 2.44. The van der Waals surface area contributed by atoms with Crippen molar-refractivity contribution in [3.8, 4) is 5.75 Å². The van der Waals surface area contributed by atoms with Crippen LogP contribution in [-0.4, -0.2) is 31.4 Å². The molecule has 0 aromatic heterocycles. The van der Waals surface area contributed by atoms with Crippen LogP contribution in [0.5, 0.6) is 5.75 Å². The topological polar surface area (TPSA) is 125 Å². The molecule has 1 fully saturated rings. The first-order valence-electron chi connectivity index (χ1n) is 12.5. The van der Waals surface area contributed by atoms with Crippen molar-refractivity contribution in [3.63, 3.8) is 0 Å². The Bertz CT molecular complexity index is 1560. The van der Waals surface area contributed by atoms with E-state index in [-0.39, 0.29) is 42.7 Å². The molecule has 0 saturated heterocycles. The number of aryl methyl sites for hydroxylation is 1. The normalized spacial score (nSPS) is 15.4. The highest BCUT2D eigenvalue weighted by molar-refractivity contribution is 7.89. The minimum atomic E-state index is -3.87. The molecule has 0 spiro atoms. The summed E-state index contributed by atoms with van der Waals surface area (Å²) in [4.78, 5) is 26.5.